The van der Waals surface area contributed by atoms with Crippen LogP contribution < -0.4 is 59.3 Å². The number of carbonyl (C=O) groups excluding carboxylic acids is 12. The van der Waals surface area contributed by atoms with Crippen molar-refractivity contribution in [2.45, 2.75) is 94.7 Å². The van der Waals surface area contributed by atoms with Gasteiger partial charge < -0.3 is 84.0 Å². The van der Waals surface area contributed by atoms with Gasteiger partial charge in [-0.25, -0.2) is 29.7 Å². The van der Waals surface area contributed by atoms with Crippen LogP contribution in [0, 0.1) is 0 Å². The molecule has 2 aliphatic rings. The number of aromatic nitrogens is 5. The highest BCUT2D eigenvalue weighted by Gasteiger charge is 2.39. The second-order valence-electron chi connectivity index (χ2n) is 20.0. The van der Waals surface area contributed by atoms with Crippen LogP contribution in [0.15, 0.2) is 52.1 Å². The van der Waals surface area contributed by atoms with Crippen LogP contribution in [0.3, 0.4) is 0 Å². The zero-order chi connectivity index (χ0) is 65.7. The summed E-state index contributed by atoms with van der Waals surface area (Å²) in [5, 5.41) is 56.1. The number of thiazole rings is 3. The Kier molecular flexibility index (Phi) is 22.5. The largest absolute Gasteiger partial charge is 0.480 e. The summed E-state index contributed by atoms with van der Waals surface area (Å²) in [4.78, 5) is 193. The van der Waals surface area contributed by atoms with Crippen molar-refractivity contribution in [3.05, 3.63) is 86.2 Å². The van der Waals surface area contributed by atoms with Crippen LogP contribution >= 0.6 is 34.0 Å². The van der Waals surface area contributed by atoms with E-state index in [1.807, 2.05) is 0 Å². The van der Waals surface area contributed by atoms with Crippen molar-refractivity contribution in [1.29, 1.82) is 0 Å². The number of fused-ring (bicyclic) bond motifs is 8. The van der Waals surface area contributed by atoms with Gasteiger partial charge in [-0.3, -0.25) is 57.5 Å². The molecule has 1 fully saturated rings. The van der Waals surface area contributed by atoms with Crippen LogP contribution in [0.1, 0.15) is 116 Å². The van der Waals surface area contributed by atoms with Crippen molar-refractivity contribution >= 4 is 122 Å². The van der Waals surface area contributed by atoms with E-state index in [0.29, 0.717) is 6.42 Å². The normalized spacial score (nSPS) is 19.8. The predicted octanol–water partition coefficient (Wildman–Crippen LogP) is -2.86. The van der Waals surface area contributed by atoms with Crippen LogP contribution in [0.2, 0.25) is 0 Å². The number of hydrogen-bond acceptors (Lipinski definition) is 24. The molecule has 0 aliphatic carbocycles. The molecule has 0 saturated carbocycles. The fraction of sp³-hybridized carbons (Fsp3) is 0.358. The summed E-state index contributed by atoms with van der Waals surface area (Å²) in [5.41, 5.74) is 8.79. The fourth-order valence-electron chi connectivity index (χ4n) is 8.59. The van der Waals surface area contributed by atoms with Crippen LogP contribution in [-0.2, 0) is 43.2 Å². The number of aliphatic carboxylic acids is 1. The summed E-state index contributed by atoms with van der Waals surface area (Å²) in [6.45, 7) is 7.76. The van der Waals surface area contributed by atoms with Crippen molar-refractivity contribution in [3.63, 3.8) is 0 Å². The molecule has 0 spiro atoms. The third kappa shape index (κ3) is 17.1. The fourth-order valence-corrected chi connectivity index (χ4v) is 10.9. The number of aliphatic hydroxyl groups excluding tert-OH is 2. The van der Waals surface area contributed by atoms with Crippen molar-refractivity contribution in [3.8, 4) is 22.1 Å². The lowest BCUT2D eigenvalue weighted by Crippen LogP contribution is -2.55. The number of carbonyl (C=O) groups is 13. The Labute approximate surface area is 520 Å². The van der Waals surface area contributed by atoms with Gasteiger partial charge in [-0.1, -0.05) is 13.2 Å². The molecule has 90 heavy (non-hydrogen) atoms. The number of nitrogens with one attached hydrogen (secondary N) is 9. The summed E-state index contributed by atoms with van der Waals surface area (Å²) >= 11 is 2.65. The number of primary amides is 2. The van der Waals surface area contributed by atoms with Gasteiger partial charge in [0.05, 0.1) is 42.4 Å². The van der Waals surface area contributed by atoms with E-state index < -0.39 is 139 Å². The summed E-state index contributed by atoms with van der Waals surface area (Å²) in [7, 11) is 0. The molecule has 476 valence electrons. The average molecular weight is 1300 g/mol. The first-order chi connectivity index (χ1) is 42.7. The number of carboxylic acid groups (broad SMARTS) is 1. The molecule has 0 aromatic carbocycles. The Hall–Kier alpha value is -10.2. The highest BCUT2D eigenvalue weighted by atomic mass is 32.1. The van der Waals surface area contributed by atoms with E-state index >= 15 is 0 Å². The molecule has 6 bridgehead atoms. The standard InChI is InChI=1S/C53H59N17O17S3/c1-21-40(76)59-23(3)48-66-31(17-87-48)39-25(7-8-27(62-39)50-68-32(19-89-50)45(81)58-22(2)41(77)64-28(10-12-37(55)74)52(84)70-13-5-6-35(70)53(85)86)42(78)65-29(15-71)43(79)56-14-38(75)61-30(16-72)51-69-33(20-90-51)46(82)60-24(4)49-67-34(18-88-49)47(83)63-26(44(80)57-21)9-11-36(54)73/h7-8,17-22,26,28-30,35,71-72H,3-6,9-16H2,1-2H3,(H2,54,73)(H2,55,74)(H,56,79)(H,57,80)(H,58,81)(H,59,76)(H,60,82)(H,61,75)(H,63,83)(H,64,77)(H,65,78)(H,85,86). The maximum absolute atomic E-state index is 14.2. The number of aliphatic hydroxyl groups is 2. The van der Waals surface area contributed by atoms with E-state index in [9.17, 15) is 77.6 Å². The lowest BCUT2D eigenvalue weighted by atomic mass is 10.1. The highest BCUT2D eigenvalue weighted by molar-refractivity contribution is 7.13. The third-order valence-electron chi connectivity index (χ3n) is 13.3. The van der Waals surface area contributed by atoms with Gasteiger partial charge in [0.15, 0.2) is 0 Å². The first-order valence-corrected chi connectivity index (χ1v) is 29.7. The van der Waals surface area contributed by atoms with Crippen LogP contribution in [0.25, 0.3) is 33.5 Å². The lowest BCUT2D eigenvalue weighted by Gasteiger charge is -2.28. The molecule has 0 radical (unpaired) electrons. The molecule has 16 N–H and O–H groups in total. The molecule has 7 rings (SSSR count). The number of amides is 12. The minimum atomic E-state index is -1.73. The number of carboxylic acids is 1. The number of likely N-dealkylation sites (tertiary alicyclic amines) is 1. The second kappa shape index (κ2) is 30.1. The van der Waals surface area contributed by atoms with Crippen molar-refractivity contribution < 1.29 is 82.1 Å². The molecule has 2 aliphatic heterocycles. The molecule has 7 atom stereocenters. The third-order valence-corrected chi connectivity index (χ3v) is 16.1. The van der Waals surface area contributed by atoms with Gasteiger partial charge in [0, 0.05) is 35.5 Å². The molecule has 7 heterocycles. The highest BCUT2D eigenvalue weighted by Crippen LogP contribution is 2.30. The Balaban J connectivity index is 1.15. The van der Waals surface area contributed by atoms with Gasteiger partial charge in [0.25, 0.3) is 23.6 Å². The molecule has 37 heteroatoms. The van der Waals surface area contributed by atoms with Gasteiger partial charge in [-0.2, -0.15) is 0 Å². The SMILES string of the molecule is C=C1NC(=O)C(C)NC(=O)C(CCC(N)=O)NC(=O)c2csc(n2)C(=C)NC(=O)c2csc(n2)C(CO)NC(=O)CNC(=O)C(CO)NC(=O)c2ccc(-c3nc(C(=O)NC(C)C(=O)NC(CCC(N)=O)C(=O)N4CCCC4C(=O)O)cs3)nc2-c2coc1n2. The molecule has 1 saturated heterocycles. The van der Waals surface area contributed by atoms with Crippen molar-refractivity contribution in [2.24, 2.45) is 11.5 Å². The Bertz CT molecular complexity index is 3690. The van der Waals surface area contributed by atoms with E-state index in [1.54, 1.807) is 0 Å². The Morgan fingerprint density at radius 1 is 0.733 bits per heavy atom. The predicted molar refractivity (Wildman–Crippen MR) is 315 cm³/mol. The van der Waals surface area contributed by atoms with Gasteiger partial charge in [-0.05, 0) is 51.7 Å². The van der Waals surface area contributed by atoms with E-state index in [-0.39, 0.29) is 111 Å². The molecule has 12 amide bonds. The minimum Gasteiger partial charge on any atom is -0.480 e. The van der Waals surface area contributed by atoms with E-state index in [4.69, 9.17) is 15.9 Å². The summed E-state index contributed by atoms with van der Waals surface area (Å²) in [5.74, 6) is -12.3. The first kappa shape index (κ1) is 67.3. The molecule has 5 aromatic rings. The average Bonchev–Trinajstić information content (AvgIpc) is 2.53. The number of nitrogens with two attached hydrogens (primary N) is 2. The summed E-state index contributed by atoms with van der Waals surface area (Å²) in [6.07, 6.45) is 0.270. The van der Waals surface area contributed by atoms with Crippen LogP contribution in [0.4, 0.5) is 0 Å². The maximum Gasteiger partial charge on any atom is 0.326 e. The zero-order valence-corrected chi connectivity index (χ0v) is 50.1. The minimum absolute atomic E-state index is 0.00770. The first-order valence-electron chi connectivity index (χ1n) is 27.0. The summed E-state index contributed by atoms with van der Waals surface area (Å²) < 4.78 is 5.65. The topological polar surface area (TPSA) is 524 Å². The maximum atomic E-state index is 14.2. The number of hydrogen-bond donors (Lipinski definition) is 14. The number of oxazole rings is 1. The van der Waals surface area contributed by atoms with Crippen molar-refractivity contribution in [1.82, 2.24) is 77.7 Å². The molecule has 5 aromatic heterocycles. The van der Waals surface area contributed by atoms with E-state index in [0.717, 1.165) is 45.2 Å². The Morgan fingerprint density at radius 3 is 2.12 bits per heavy atom. The molecular formula is C53H59N17O17S3. The van der Waals surface area contributed by atoms with Gasteiger partial charge in [0.1, 0.15) is 92.0 Å². The number of pyridine rings is 1. The lowest BCUT2D eigenvalue weighted by molar-refractivity contribution is -0.149. The smallest absolute Gasteiger partial charge is 0.326 e. The molecule has 34 nitrogen and oxygen atoms in total. The van der Waals surface area contributed by atoms with Crippen molar-refractivity contribution in [2.75, 3.05) is 26.3 Å². The Morgan fingerprint density at radius 2 is 1.42 bits per heavy atom. The molecular weight excluding hydrogens is 1240 g/mol. The van der Waals surface area contributed by atoms with Crippen LogP contribution in [0.5, 0.6) is 0 Å². The van der Waals surface area contributed by atoms with Crippen LogP contribution in [-0.4, -0.2) is 185 Å². The van der Waals surface area contributed by atoms with Gasteiger partial charge in [-0.15, -0.1) is 34.0 Å². The number of nitrogens with zero attached hydrogens (tertiary/aromatic N) is 6. The zero-order valence-electron chi connectivity index (χ0n) is 47.6. The second-order valence-corrected chi connectivity index (χ2v) is 22.6. The molecule has 7 unspecified atom stereocenters. The van der Waals surface area contributed by atoms with E-state index in [2.05, 4.69) is 85.9 Å². The quantitative estimate of drug-likeness (QED) is 0.0501. The monoisotopic (exact) mass is 1300 g/mol. The van der Waals surface area contributed by atoms with E-state index in [1.165, 1.54) is 42.1 Å². The summed E-state index contributed by atoms with van der Waals surface area (Å²) in [6, 6.07) is -7.12. The van der Waals surface area contributed by atoms with Gasteiger partial charge >= 0.3 is 5.97 Å². The van der Waals surface area contributed by atoms with Gasteiger partial charge in [0.2, 0.25) is 53.1 Å². The number of rotatable bonds is 15.